The summed E-state index contributed by atoms with van der Waals surface area (Å²) in [5.74, 6) is 3.82. The lowest BCUT2D eigenvalue weighted by molar-refractivity contribution is 0.305. The molecular formula is C37H36N2O. The number of allylic oxidation sites excluding steroid dienone is 1. The Kier molecular flexibility index (Phi) is 5.45. The highest BCUT2D eigenvalue weighted by atomic mass is 16.5. The average molecular weight is 525 g/mol. The smallest absolute Gasteiger partial charge is 0.128 e. The van der Waals surface area contributed by atoms with Gasteiger partial charge in [-0.2, -0.15) is 0 Å². The number of hydrogen-bond donors (Lipinski definition) is 0. The Hall–Kier alpha value is -3.85. The zero-order valence-electron chi connectivity index (χ0n) is 23.5. The Morgan fingerprint density at radius 2 is 1.82 bits per heavy atom. The molecule has 4 aliphatic rings. The molecule has 3 nitrogen and oxygen atoms in total. The van der Waals surface area contributed by atoms with Crippen LogP contribution in [0.3, 0.4) is 0 Å². The average Bonchev–Trinajstić information content (AvgIpc) is 3.53. The topological polar surface area (TPSA) is 25.4 Å². The molecule has 1 aliphatic heterocycles. The summed E-state index contributed by atoms with van der Waals surface area (Å²) in [4.78, 5) is 7.56. The van der Waals surface area contributed by atoms with E-state index in [1.807, 2.05) is 0 Å². The molecule has 0 unspecified atom stereocenters. The van der Waals surface area contributed by atoms with Gasteiger partial charge in [-0.3, -0.25) is 0 Å². The van der Waals surface area contributed by atoms with Crippen LogP contribution >= 0.6 is 0 Å². The van der Waals surface area contributed by atoms with Crippen molar-refractivity contribution < 1.29 is 4.74 Å². The van der Waals surface area contributed by atoms with E-state index < -0.39 is 0 Å². The number of aromatic nitrogens is 1. The number of ether oxygens (including phenoxy) is 1. The van der Waals surface area contributed by atoms with Crippen LogP contribution in [0.15, 0.2) is 78.9 Å². The Morgan fingerprint density at radius 3 is 2.70 bits per heavy atom. The summed E-state index contributed by atoms with van der Waals surface area (Å²) in [6.07, 6.45) is 9.65. The van der Waals surface area contributed by atoms with Crippen molar-refractivity contribution in [2.75, 3.05) is 18.0 Å². The molecule has 1 aromatic heterocycles. The van der Waals surface area contributed by atoms with E-state index in [-0.39, 0.29) is 5.41 Å². The monoisotopic (exact) mass is 524 g/mol. The number of piperidine rings is 1. The summed E-state index contributed by atoms with van der Waals surface area (Å²) in [6, 6.07) is 26.8. The molecule has 2 heterocycles. The van der Waals surface area contributed by atoms with Gasteiger partial charge in [-0.1, -0.05) is 54.6 Å². The number of benzene rings is 3. The SMILES string of the molecule is Cc1ccc(-c2ccc(N3CCC4(C=Cc5ccccc54)CC3)nc2C)cc1COc1ccc2c(c1)C[C@H]1C[C@@H]21. The zero-order valence-corrected chi connectivity index (χ0v) is 23.5. The van der Waals surface area contributed by atoms with Crippen LogP contribution in [-0.4, -0.2) is 18.1 Å². The minimum absolute atomic E-state index is 0.197. The molecule has 3 heteroatoms. The van der Waals surface area contributed by atoms with Crippen LogP contribution in [0.4, 0.5) is 5.82 Å². The summed E-state index contributed by atoms with van der Waals surface area (Å²) in [5, 5.41) is 0. The fraction of sp³-hybridized carbons (Fsp3) is 0.324. The second kappa shape index (κ2) is 9.09. The molecule has 2 fully saturated rings. The van der Waals surface area contributed by atoms with E-state index in [1.54, 1.807) is 5.56 Å². The van der Waals surface area contributed by atoms with E-state index in [0.717, 1.165) is 55.0 Å². The summed E-state index contributed by atoms with van der Waals surface area (Å²) < 4.78 is 6.30. The van der Waals surface area contributed by atoms with Crippen molar-refractivity contribution in [3.8, 4) is 16.9 Å². The molecule has 3 aromatic carbocycles. The van der Waals surface area contributed by atoms with Crippen molar-refractivity contribution >= 4 is 11.9 Å². The van der Waals surface area contributed by atoms with E-state index in [9.17, 15) is 0 Å². The molecule has 4 aromatic rings. The van der Waals surface area contributed by atoms with Crippen molar-refractivity contribution in [2.24, 2.45) is 5.92 Å². The molecule has 3 aliphatic carbocycles. The maximum atomic E-state index is 6.30. The van der Waals surface area contributed by atoms with Crippen molar-refractivity contribution in [3.05, 3.63) is 118 Å². The minimum atomic E-state index is 0.197. The van der Waals surface area contributed by atoms with Crippen molar-refractivity contribution in [1.82, 2.24) is 4.98 Å². The maximum Gasteiger partial charge on any atom is 0.128 e. The van der Waals surface area contributed by atoms with Gasteiger partial charge < -0.3 is 9.64 Å². The van der Waals surface area contributed by atoms with E-state index in [0.29, 0.717) is 6.61 Å². The number of hydrogen-bond acceptors (Lipinski definition) is 3. The zero-order chi connectivity index (χ0) is 26.8. The molecule has 0 bridgehead atoms. The molecule has 0 N–H and O–H groups in total. The van der Waals surface area contributed by atoms with Gasteiger partial charge >= 0.3 is 0 Å². The van der Waals surface area contributed by atoms with Crippen LogP contribution in [0.1, 0.15) is 64.3 Å². The number of pyridine rings is 1. The van der Waals surface area contributed by atoms with Crippen LogP contribution in [-0.2, 0) is 18.4 Å². The molecule has 200 valence electrons. The lowest BCUT2D eigenvalue weighted by Crippen LogP contribution is -2.41. The fourth-order valence-electron chi connectivity index (χ4n) is 7.54. The van der Waals surface area contributed by atoms with Gasteiger partial charge in [0.25, 0.3) is 0 Å². The van der Waals surface area contributed by atoms with Gasteiger partial charge in [-0.15, -0.1) is 0 Å². The third kappa shape index (κ3) is 3.98. The normalized spacial score (nSPS) is 21.3. The Balaban J connectivity index is 0.969. The first kappa shape index (κ1) is 24.0. The predicted octanol–water partition coefficient (Wildman–Crippen LogP) is 8.17. The second-order valence-corrected chi connectivity index (χ2v) is 12.5. The second-order valence-electron chi connectivity index (χ2n) is 12.5. The fourth-order valence-corrected chi connectivity index (χ4v) is 7.54. The van der Waals surface area contributed by atoms with Gasteiger partial charge in [0, 0.05) is 29.8 Å². The van der Waals surface area contributed by atoms with E-state index in [4.69, 9.17) is 9.72 Å². The first-order valence-electron chi connectivity index (χ1n) is 14.9. The predicted molar refractivity (Wildman–Crippen MR) is 163 cm³/mol. The van der Waals surface area contributed by atoms with Crippen molar-refractivity contribution in [2.45, 2.75) is 57.5 Å². The summed E-state index contributed by atoms with van der Waals surface area (Å²) in [7, 11) is 0. The highest BCUT2D eigenvalue weighted by Gasteiger charge is 2.45. The van der Waals surface area contributed by atoms with Crippen LogP contribution in [0.2, 0.25) is 0 Å². The number of anilines is 1. The largest absolute Gasteiger partial charge is 0.489 e. The third-order valence-electron chi connectivity index (χ3n) is 10.1. The summed E-state index contributed by atoms with van der Waals surface area (Å²) in [5.41, 5.74) is 12.1. The summed E-state index contributed by atoms with van der Waals surface area (Å²) in [6.45, 7) is 6.96. The Morgan fingerprint density at radius 1 is 0.950 bits per heavy atom. The third-order valence-corrected chi connectivity index (χ3v) is 10.1. The first-order valence-corrected chi connectivity index (χ1v) is 14.9. The molecule has 1 saturated heterocycles. The van der Waals surface area contributed by atoms with E-state index in [1.165, 1.54) is 51.8 Å². The number of fused-ring (bicyclic) bond motifs is 5. The molecule has 1 spiro atoms. The Labute approximate surface area is 237 Å². The molecule has 0 amide bonds. The van der Waals surface area contributed by atoms with Gasteiger partial charge in [-0.05, 0) is 121 Å². The quantitative estimate of drug-likeness (QED) is 0.263. The molecule has 2 atom stereocenters. The number of nitrogens with zero attached hydrogens (tertiary/aromatic N) is 2. The number of rotatable bonds is 5. The highest BCUT2D eigenvalue weighted by molar-refractivity contribution is 5.69. The highest BCUT2D eigenvalue weighted by Crippen LogP contribution is 2.56. The van der Waals surface area contributed by atoms with Crippen molar-refractivity contribution in [3.63, 3.8) is 0 Å². The molecule has 8 rings (SSSR count). The maximum absolute atomic E-state index is 6.30. The molecule has 0 radical (unpaired) electrons. The standard InChI is InChI=1S/C37H36N2O/c1-24-7-8-27(19-30(24)23-40-31-9-10-33-28(21-31)20-29-22-34(29)33)32-11-12-36(38-25(32)2)39-17-15-37(16-18-39)14-13-26-5-3-4-6-35(26)37/h3-14,19,21,29,34H,15-18,20,22-23H2,1-2H3/t29-,34+/m0/s1. The molecular weight excluding hydrogens is 488 g/mol. The van der Waals surface area contributed by atoms with Gasteiger partial charge in [0.2, 0.25) is 0 Å². The summed E-state index contributed by atoms with van der Waals surface area (Å²) >= 11 is 0. The first-order chi connectivity index (χ1) is 19.6. The van der Waals surface area contributed by atoms with Crippen molar-refractivity contribution in [1.29, 1.82) is 0 Å². The molecule has 40 heavy (non-hydrogen) atoms. The minimum Gasteiger partial charge on any atom is -0.489 e. The molecule has 1 saturated carbocycles. The van der Waals surface area contributed by atoms with Gasteiger partial charge in [0.05, 0.1) is 0 Å². The lowest BCUT2D eigenvalue weighted by atomic mass is 9.74. The van der Waals surface area contributed by atoms with Crippen LogP contribution in [0, 0.1) is 19.8 Å². The van der Waals surface area contributed by atoms with Gasteiger partial charge in [-0.25, -0.2) is 4.98 Å². The van der Waals surface area contributed by atoms with Crippen LogP contribution in [0.5, 0.6) is 5.75 Å². The van der Waals surface area contributed by atoms with Gasteiger partial charge in [0.1, 0.15) is 18.2 Å². The number of aryl methyl sites for hydroxylation is 2. The van der Waals surface area contributed by atoms with E-state index >= 15 is 0 Å². The van der Waals surface area contributed by atoms with Gasteiger partial charge in [0.15, 0.2) is 0 Å². The lowest BCUT2D eigenvalue weighted by Gasteiger charge is -2.40. The van der Waals surface area contributed by atoms with Crippen LogP contribution in [0.25, 0.3) is 17.2 Å². The van der Waals surface area contributed by atoms with E-state index in [2.05, 4.69) is 104 Å². The Bertz CT molecular complexity index is 1660. The van der Waals surface area contributed by atoms with Crippen LogP contribution < -0.4 is 9.64 Å².